The molecule has 0 radical (unpaired) electrons. The fourth-order valence-corrected chi connectivity index (χ4v) is 1.46. The second kappa shape index (κ2) is 4.33. The summed E-state index contributed by atoms with van der Waals surface area (Å²) in [5.74, 6) is 0.979. The number of halogens is 1. The number of hydrogen-bond acceptors (Lipinski definition) is 1. The van der Waals surface area contributed by atoms with Gasteiger partial charge >= 0.3 is 0 Å². The first-order valence-electron chi connectivity index (χ1n) is 4.92. The zero-order valence-electron chi connectivity index (χ0n) is 9.05. The topological polar surface area (TPSA) is 26.0 Å². The highest BCUT2D eigenvalue weighted by molar-refractivity contribution is 6.17. The van der Waals surface area contributed by atoms with E-state index < -0.39 is 0 Å². The number of alkyl halides is 1. The molecule has 0 aliphatic carbocycles. The van der Waals surface area contributed by atoms with Gasteiger partial charge in [0.2, 0.25) is 0 Å². The van der Waals surface area contributed by atoms with Crippen LogP contribution in [-0.2, 0) is 11.4 Å². The number of hydrogen-bond donors (Lipinski definition) is 1. The maximum Gasteiger partial charge on any atom is 0.0474 e. The van der Waals surface area contributed by atoms with Gasteiger partial charge in [-0.25, -0.2) is 0 Å². The largest absolute Gasteiger partial charge is 0.321 e. The van der Waals surface area contributed by atoms with Gasteiger partial charge in [0.15, 0.2) is 0 Å². The molecule has 0 saturated heterocycles. The highest BCUT2D eigenvalue weighted by Gasteiger charge is 2.24. The Hall–Kier alpha value is -0.530. The highest BCUT2D eigenvalue weighted by atomic mass is 35.5. The van der Waals surface area contributed by atoms with E-state index in [2.05, 4.69) is 32.9 Å². The highest BCUT2D eigenvalue weighted by Crippen LogP contribution is 2.26. The Morgan fingerprint density at radius 1 is 1.29 bits per heavy atom. The molecule has 0 saturated carbocycles. The van der Waals surface area contributed by atoms with E-state index in [4.69, 9.17) is 17.3 Å². The third-order valence-electron chi connectivity index (χ3n) is 2.93. The molecule has 0 spiro atoms. The van der Waals surface area contributed by atoms with Crippen LogP contribution in [0.3, 0.4) is 0 Å². The zero-order valence-corrected chi connectivity index (χ0v) is 9.81. The van der Waals surface area contributed by atoms with Crippen LogP contribution in [0.5, 0.6) is 0 Å². The number of nitrogens with two attached hydrogens (primary N) is 1. The lowest BCUT2D eigenvalue weighted by Gasteiger charge is -2.29. The van der Waals surface area contributed by atoms with Crippen molar-refractivity contribution >= 4 is 11.6 Å². The van der Waals surface area contributed by atoms with Crippen LogP contribution in [0, 0.1) is 5.92 Å². The van der Waals surface area contributed by atoms with E-state index in [-0.39, 0.29) is 5.54 Å². The van der Waals surface area contributed by atoms with E-state index in [1.165, 1.54) is 5.56 Å². The van der Waals surface area contributed by atoms with Crippen LogP contribution >= 0.6 is 11.6 Å². The van der Waals surface area contributed by atoms with Crippen LogP contribution in [0.4, 0.5) is 0 Å². The van der Waals surface area contributed by atoms with Crippen molar-refractivity contribution in [2.75, 3.05) is 0 Å². The fourth-order valence-electron chi connectivity index (χ4n) is 1.29. The van der Waals surface area contributed by atoms with Gasteiger partial charge in [0.1, 0.15) is 0 Å². The van der Waals surface area contributed by atoms with Crippen molar-refractivity contribution in [2.45, 2.75) is 32.2 Å². The van der Waals surface area contributed by atoms with Crippen molar-refractivity contribution in [3.63, 3.8) is 0 Å². The molecule has 1 aromatic rings. The smallest absolute Gasteiger partial charge is 0.0474 e. The third-order valence-corrected chi connectivity index (χ3v) is 3.24. The molecule has 0 aliphatic rings. The summed E-state index contributed by atoms with van der Waals surface area (Å²) in [6.45, 7) is 6.33. The van der Waals surface area contributed by atoms with E-state index in [9.17, 15) is 0 Å². The van der Waals surface area contributed by atoms with E-state index in [1.807, 2.05) is 12.1 Å². The molecule has 0 aliphatic heterocycles. The van der Waals surface area contributed by atoms with E-state index in [0.29, 0.717) is 11.8 Å². The summed E-state index contributed by atoms with van der Waals surface area (Å²) >= 11 is 5.72. The van der Waals surface area contributed by atoms with Gasteiger partial charge in [-0.05, 0) is 24.0 Å². The molecule has 78 valence electrons. The minimum Gasteiger partial charge on any atom is -0.321 e. The summed E-state index contributed by atoms with van der Waals surface area (Å²) in [6.07, 6.45) is 0. The summed E-state index contributed by atoms with van der Waals surface area (Å²) in [4.78, 5) is 0. The summed E-state index contributed by atoms with van der Waals surface area (Å²) < 4.78 is 0. The summed E-state index contributed by atoms with van der Waals surface area (Å²) in [7, 11) is 0. The lowest BCUT2D eigenvalue weighted by molar-refractivity contribution is 0.350. The van der Waals surface area contributed by atoms with Gasteiger partial charge in [0.25, 0.3) is 0 Å². The molecule has 0 aromatic heterocycles. The van der Waals surface area contributed by atoms with Crippen molar-refractivity contribution in [3.05, 3.63) is 35.4 Å². The molecular weight excluding hydrogens is 194 g/mol. The Kier molecular flexibility index (Phi) is 3.57. The molecular formula is C12H18ClN. The summed E-state index contributed by atoms with van der Waals surface area (Å²) in [5.41, 5.74) is 8.28. The minimum absolute atomic E-state index is 0.259. The first kappa shape index (κ1) is 11.5. The first-order valence-corrected chi connectivity index (χ1v) is 5.46. The van der Waals surface area contributed by atoms with Crippen molar-refractivity contribution in [3.8, 4) is 0 Å². The van der Waals surface area contributed by atoms with E-state index in [1.54, 1.807) is 0 Å². The molecule has 1 atom stereocenters. The van der Waals surface area contributed by atoms with Crippen LogP contribution < -0.4 is 5.73 Å². The normalized spacial score (nSPS) is 15.6. The van der Waals surface area contributed by atoms with E-state index >= 15 is 0 Å². The van der Waals surface area contributed by atoms with Crippen LogP contribution in [-0.4, -0.2) is 0 Å². The van der Waals surface area contributed by atoms with Gasteiger partial charge in [0.05, 0.1) is 0 Å². The molecule has 0 amide bonds. The molecule has 2 N–H and O–H groups in total. The zero-order chi connectivity index (χ0) is 10.8. The molecule has 0 fully saturated rings. The molecule has 1 unspecified atom stereocenters. The van der Waals surface area contributed by atoms with Gasteiger partial charge in [0, 0.05) is 11.4 Å². The monoisotopic (exact) mass is 211 g/mol. The minimum atomic E-state index is -0.259. The number of benzene rings is 1. The second-order valence-corrected chi connectivity index (χ2v) is 4.54. The van der Waals surface area contributed by atoms with Crippen molar-refractivity contribution in [2.24, 2.45) is 11.7 Å². The predicted octanol–water partition coefficient (Wildman–Crippen LogP) is 3.26. The molecule has 1 aromatic carbocycles. The molecule has 2 heteroatoms. The predicted molar refractivity (Wildman–Crippen MR) is 62.4 cm³/mol. The SMILES string of the molecule is CC(C)C(C)(N)c1ccc(CCl)cc1. The standard InChI is InChI=1S/C12H18ClN/c1-9(2)12(3,14)11-6-4-10(8-13)5-7-11/h4-7,9H,8,14H2,1-3H3. The van der Waals surface area contributed by atoms with Crippen LogP contribution in [0.1, 0.15) is 31.9 Å². The Labute approximate surface area is 91.3 Å². The molecule has 0 bridgehead atoms. The molecule has 1 rings (SSSR count). The Morgan fingerprint density at radius 3 is 2.14 bits per heavy atom. The molecule has 0 heterocycles. The summed E-state index contributed by atoms with van der Waals surface area (Å²) in [5, 5.41) is 0. The Balaban J connectivity index is 2.97. The molecule has 1 nitrogen and oxygen atoms in total. The van der Waals surface area contributed by atoms with Crippen LogP contribution in [0.2, 0.25) is 0 Å². The second-order valence-electron chi connectivity index (χ2n) is 4.27. The average Bonchev–Trinajstić information content (AvgIpc) is 2.17. The lowest BCUT2D eigenvalue weighted by atomic mass is 9.82. The van der Waals surface area contributed by atoms with E-state index in [0.717, 1.165) is 5.56 Å². The van der Waals surface area contributed by atoms with Crippen LogP contribution in [0.15, 0.2) is 24.3 Å². The van der Waals surface area contributed by atoms with Crippen molar-refractivity contribution in [1.82, 2.24) is 0 Å². The van der Waals surface area contributed by atoms with Gasteiger partial charge in [-0.1, -0.05) is 38.1 Å². The van der Waals surface area contributed by atoms with Gasteiger partial charge in [-0.3, -0.25) is 0 Å². The average molecular weight is 212 g/mol. The van der Waals surface area contributed by atoms with Gasteiger partial charge in [-0.2, -0.15) is 0 Å². The maximum atomic E-state index is 6.24. The fraction of sp³-hybridized carbons (Fsp3) is 0.500. The summed E-state index contributed by atoms with van der Waals surface area (Å²) in [6, 6.07) is 8.21. The van der Waals surface area contributed by atoms with Crippen molar-refractivity contribution in [1.29, 1.82) is 0 Å². The Bertz CT molecular complexity index is 288. The Morgan fingerprint density at radius 2 is 1.79 bits per heavy atom. The molecule has 14 heavy (non-hydrogen) atoms. The van der Waals surface area contributed by atoms with Crippen molar-refractivity contribution < 1.29 is 0 Å². The van der Waals surface area contributed by atoms with Gasteiger partial charge < -0.3 is 5.73 Å². The number of rotatable bonds is 3. The van der Waals surface area contributed by atoms with Crippen LogP contribution in [0.25, 0.3) is 0 Å². The maximum absolute atomic E-state index is 6.24. The lowest BCUT2D eigenvalue weighted by Crippen LogP contribution is -2.38. The third kappa shape index (κ3) is 2.28. The first-order chi connectivity index (χ1) is 6.48. The van der Waals surface area contributed by atoms with Gasteiger partial charge in [-0.15, -0.1) is 11.6 Å². The quantitative estimate of drug-likeness (QED) is 0.764.